The number of aromatic nitrogens is 1. The van der Waals surface area contributed by atoms with Crippen LogP contribution in [0.2, 0.25) is 0 Å². The van der Waals surface area contributed by atoms with Crippen LogP contribution in [0.25, 0.3) is 11.1 Å². The van der Waals surface area contributed by atoms with Crippen LogP contribution in [0.4, 0.5) is 5.69 Å². The summed E-state index contributed by atoms with van der Waals surface area (Å²) in [4.78, 5) is 13.2. The average molecular weight is 187 g/mol. The summed E-state index contributed by atoms with van der Waals surface area (Å²) in [5.74, 6) is -0.474. The third-order valence-electron chi connectivity index (χ3n) is 1.48. The quantitative estimate of drug-likeness (QED) is 0.606. The molecule has 2 aromatic rings. The lowest BCUT2D eigenvalue weighted by Crippen LogP contribution is -1.92. The van der Waals surface area contributed by atoms with Crippen molar-refractivity contribution in [3.63, 3.8) is 0 Å². The van der Waals surface area contributed by atoms with E-state index in [0.29, 0.717) is 16.8 Å². The Hall–Kier alpha value is -1.42. The average Bonchev–Trinajstić information content (AvgIpc) is 2.31. The lowest BCUT2D eigenvalue weighted by Gasteiger charge is -1.89. The van der Waals surface area contributed by atoms with Crippen molar-refractivity contribution in [3.8, 4) is 0 Å². The lowest BCUT2D eigenvalue weighted by atomic mass is 10.3. The first kappa shape index (κ1) is 8.67. The fourth-order valence-electron chi connectivity index (χ4n) is 0.995. The normalized spacial score (nSPS) is 9.67. The number of fused-ring (bicyclic) bond motifs is 1. The predicted octanol–water partition coefficient (Wildman–Crippen LogP) is 1.13. The zero-order valence-electron chi connectivity index (χ0n) is 6.03. The summed E-state index contributed by atoms with van der Waals surface area (Å²) in [5.41, 5.74) is 7.05. The van der Waals surface area contributed by atoms with E-state index in [2.05, 4.69) is 4.98 Å². The van der Waals surface area contributed by atoms with E-state index in [9.17, 15) is 4.79 Å². The summed E-state index contributed by atoms with van der Waals surface area (Å²) in [6.07, 6.45) is 0. The van der Waals surface area contributed by atoms with Gasteiger partial charge in [0.05, 0.1) is 11.2 Å². The van der Waals surface area contributed by atoms with E-state index in [1.807, 2.05) is 0 Å². The van der Waals surface area contributed by atoms with Crippen molar-refractivity contribution in [1.29, 1.82) is 0 Å². The molecule has 64 valence electrons. The molecule has 4 nitrogen and oxygen atoms in total. The van der Waals surface area contributed by atoms with Gasteiger partial charge in [0, 0.05) is 0 Å². The highest BCUT2D eigenvalue weighted by molar-refractivity contribution is 5.85. The van der Waals surface area contributed by atoms with Crippen molar-refractivity contribution in [2.24, 2.45) is 0 Å². The summed E-state index contributed by atoms with van der Waals surface area (Å²) in [7, 11) is 0. The zero-order chi connectivity index (χ0) is 7.84. The van der Waals surface area contributed by atoms with Gasteiger partial charge in [-0.1, -0.05) is 6.07 Å². The van der Waals surface area contributed by atoms with Crippen LogP contribution >= 0.6 is 12.4 Å². The molecule has 0 saturated heterocycles. The second kappa shape index (κ2) is 2.91. The van der Waals surface area contributed by atoms with Crippen molar-refractivity contribution in [1.82, 2.24) is 4.98 Å². The molecule has 0 aliphatic rings. The van der Waals surface area contributed by atoms with Crippen LogP contribution in [0, 0.1) is 0 Å². The molecule has 2 rings (SSSR count). The highest BCUT2D eigenvalue weighted by Crippen LogP contribution is 2.16. The summed E-state index contributed by atoms with van der Waals surface area (Å²) in [6.45, 7) is 0. The van der Waals surface area contributed by atoms with Gasteiger partial charge in [0.1, 0.15) is 0 Å². The first-order valence-corrected chi connectivity index (χ1v) is 3.15. The maximum absolute atomic E-state index is 10.7. The Morgan fingerprint density at radius 1 is 1.42 bits per heavy atom. The van der Waals surface area contributed by atoms with Crippen molar-refractivity contribution >= 4 is 29.2 Å². The molecule has 1 heterocycles. The van der Waals surface area contributed by atoms with E-state index in [-0.39, 0.29) is 12.4 Å². The van der Waals surface area contributed by atoms with Gasteiger partial charge < -0.3 is 10.2 Å². The molecule has 0 saturated carbocycles. The van der Waals surface area contributed by atoms with Gasteiger partial charge in [0.25, 0.3) is 0 Å². The van der Waals surface area contributed by atoms with Crippen molar-refractivity contribution in [2.45, 2.75) is 0 Å². The molecule has 0 aliphatic heterocycles. The molecule has 0 atom stereocenters. The number of H-pyrrole nitrogens is 1. The van der Waals surface area contributed by atoms with Crippen LogP contribution in [0.5, 0.6) is 0 Å². The first-order chi connectivity index (χ1) is 5.27. The van der Waals surface area contributed by atoms with E-state index in [1.54, 1.807) is 18.2 Å². The van der Waals surface area contributed by atoms with Crippen LogP contribution in [0.1, 0.15) is 0 Å². The minimum Gasteiger partial charge on any atom is -0.406 e. The van der Waals surface area contributed by atoms with Crippen LogP contribution in [-0.4, -0.2) is 4.98 Å². The third-order valence-corrected chi connectivity index (χ3v) is 1.48. The number of benzene rings is 1. The Labute approximate surface area is 73.8 Å². The Kier molecular flexibility index (Phi) is 2.10. The lowest BCUT2D eigenvalue weighted by molar-refractivity contribution is 0.556. The summed E-state index contributed by atoms with van der Waals surface area (Å²) in [5, 5.41) is 0. The molecule has 12 heavy (non-hydrogen) atoms. The fourth-order valence-corrected chi connectivity index (χ4v) is 0.995. The highest BCUT2D eigenvalue weighted by Gasteiger charge is 2.01. The van der Waals surface area contributed by atoms with E-state index >= 15 is 0 Å². The Bertz CT molecular complexity index is 446. The molecule has 0 fully saturated rings. The number of nitrogens with one attached hydrogen (secondary N) is 1. The zero-order valence-corrected chi connectivity index (χ0v) is 6.85. The number of hydrogen-bond acceptors (Lipinski definition) is 3. The SMILES string of the molecule is Cl.Nc1cccc2[nH]c(=O)oc12. The first-order valence-electron chi connectivity index (χ1n) is 3.15. The number of oxazole rings is 1. The fraction of sp³-hybridized carbons (Fsp3) is 0. The van der Waals surface area contributed by atoms with Gasteiger partial charge in [0.2, 0.25) is 0 Å². The van der Waals surface area contributed by atoms with Gasteiger partial charge in [-0.05, 0) is 12.1 Å². The molecule has 1 aromatic carbocycles. The van der Waals surface area contributed by atoms with Crippen LogP contribution in [0.3, 0.4) is 0 Å². The molecular formula is C7H7ClN2O2. The number of hydrogen-bond donors (Lipinski definition) is 2. The molecule has 3 N–H and O–H groups in total. The number of nitrogen functional groups attached to an aromatic ring is 1. The van der Waals surface area contributed by atoms with E-state index in [1.165, 1.54) is 0 Å². The molecule has 5 heteroatoms. The molecule has 1 aromatic heterocycles. The largest absolute Gasteiger partial charge is 0.417 e. The van der Waals surface area contributed by atoms with Crippen molar-refractivity contribution in [3.05, 3.63) is 28.7 Å². The number of rotatable bonds is 0. The van der Waals surface area contributed by atoms with Crippen LogP contribution in [-0.2, 0) is 0 Å². The van der Waals surface area contributed by atoms with Crippen LogP contribution < -0.4 is 11.5 Å². The van der Waals surface area contributed by atoms with E-state index < -0.39 is 5.76 Å². The van der Waals surface area contributed by atoms with Crippen LogP contribution in [0.15, 0.2) is 27.4 Å². The molecular weight excluding hydrogens is 180 g/mol. The summed E-state index contributed by atoms with van der Waals surface area (Å²) in [6, 6.07) is 5.17. The molecule has 0 aliphatic carbocycles. The highest BCUT2D eigenvalue weighted by atomic mass is 35.5. The minimum absolute atomic E-state index is 0. The third kappa shape index (κ3) is 1.16. The molecule has 0 radical (unpaired) electrons. The standard InChI is InChI=1S/C7H6N2O2.ClH/c8-4-2-1-3-5-6(4)11-7(10)9-5;/h1-3H,8H2,(H,9,10);1H. The second-order valence-electron chi connectivity index (χ2n) is 2.24. The van der Waals surface area contributed by atoms with Gasteiger partial charge in [-0.2, -0.15) is 0 Å². The Morgan fingerprint density at radius 2 is 2.17 bits per heavy atom. The van der Waals surface area contributed by atoms with E-state index in [4.69, 9.17) is 10.2 Å². The van der Waals surface area contributed by atoms with E-state index in [0.717, 1.165) is 0 Å². The van der Waals surface area contributed by atoms with Crippen molar-refractivity contribution < 1.29 is 4.42 Å². The topological polar surface area (TPSA) is 72.0 Å². The van der Waals surface area contributed by atoms with Gasteiger partial charge in [-0.15, -0.1) is 12.4 Å². The van der Waals surface area contributed by atoms with Crippen molar-refractivity contribution in [2.75, 3.05) is 5.73 Å². The number of para-hydroxylation sites is 1. The molecule has 0 unspecified atom stereocenters. The number of halogens is 1. The summed E-state index contributed by atoms with van der Waals surface area (Å²) < 4.78 is 4.76. The molecule has 0 spiro atoms. The molecule has 0 bridgehead atoms. The monoisotopic (exact) mass is 186 g/mol. The Balaban J connectivity index is 0.000000720. The number of nitrogens with two attached hydrogens (primary N) is 1. The Morgan fingerprint density at radius 3 is 2.83 bits per heavy atom. The van der Waals surface area contributed by atoms with Gasteiger partial charge in [-0.25, -0.2) is 4.79 Å². The van der Waals surface area contributed by atoms with Gasteiger partial charge >= 0.3 is 5.76 Å². The minimum atomic E-state index is -0.474. The maximum Gasteiger partial charge on any atom is 0.417 e. The second-order valence-corrected chi connectivity index (χ2v) is 2.24. The van der Waals surface area contributed by atoms with Gasteiger partial charge in [-0.3, -0.25) is 4.98 Å². The molecule has 0 amide bonds. The number of aromatic amines is 1. The number of anilines is 1. The summed E-state index contributed by atoms with van der Waals surface area (Å²) >= 11 is 0. The van der Waals surface area contributed by atoms with Gasteiger partial charge in [0.15, 0.2) is 5.58 Å². The maximum atomic E-state index is 10.7. The smallest absolute Gasteiger partial charge is 0.406 e. The predicted molar refractivity (Wildman–Crippen MR) is 48.5 cm³/mol.